The summed E-state index contributed by atoms with van der Waals surface area (Å²) in [5, 5.41) is 6.79. The van der Waals surface area contributed by atoms with E-state index >= 15 is 0 Å². The molecule has 1 amide bonds. The quantitative estimate of drug-likeness (QED) is 0.447. The minimum atomic E-state index is -0.100. The minimum Gasteiger partial charge on any atom is -0.468 e. The summed E-state index contributed by atoms with van der Waals surface area (Å²) in [6.07, 6.45) is 2.27. The molecular weight excluding hydrogens is 392 g/mol. The predicted molar refractivity (Wildman–Crippen MR) is 115 cm³/mol. The van der Waals surface area contributed by atoms with Crippen LogP contribution in [-0.4, -0.2) is 28.0 Å². The number of nitrogens with zero attached hydrogens (tertiary/aromatic N) is 3. The highest BCUT2D eigenvalue weighted by atomic mass is 16.5. The Morgan fingerprint density at radius 3 is 2.45 bits per heavy atom. The summed E-state index contributed by atoms with van der Waals surface area (Å²) in [4.78, 5) is 18.5. The topological polar surface area (TPSA) is 84.4 Å². The molecule has 0 aliphatic rings. The molecule has 31 heavy (non-hydrogen) atoms. The normalized spacial score (nSPS) is 11.0. The van der Waals surface area contributed by atoms with E-state index in [0.717, 1.165) is 16.9 Å². The van der Waals surface area contributed by atoms with E-state index in [0.29, 0.717) is 43.3 Å². The van der Waals surface area contributed by atoms with Gasteiger partial charge in [0.1, 0.15) is 5.76 Å². The molecule has 0 radical (unpaired) electrons. The Morgan fingerprint density at radius 1 is 0.935 bits per heavy atom. The third-order valence-corrected chi connectivity index (χ3v) is 4.88. The highest BCUT2D eigenvalue weighted by molar-refractivity contribution is 5.93. The molecule has 0 atom stereocenters. The molecule has 7 heteroatoms. The SMILES string of the molecule is CNC(=O)c1ccc(CN(Cc2noc(Cc3ccccc3)n2)Cc2ccco2)cc1. The summed E-state index contributed by atoms with van der Waals surface area (Å²) in [5.41, 5.74) is 2.83. The van der Waals surface area contributed by atoms with Crippen LogP contribution in [-0.2, 0) is 26.1 Å². The van der Waals surface area contributed by atoms with Crippen molar-refractivity contribution in [2.45, 2.75) is 26.1 Å². The van der Waals surface area contributed by atoms with Crippen LogP contribution in [0.25, 0.3) is 0 Å². The van der Waals surface area contributed by atoms with Crippen LogP contribution in [0.2, 0.25) is 0 Å². The third kappa shape index (κ3) is 5.67. The van der Waals surface area contributed by atoms with E-state index in [-0.39, 0.29) is 5.91 Å². The first-order valence-electron chi connectivity index (χ1n) is 10.1. The first-order valence-corrected chi connectivity index (χ1v) is 10.1. The Balaban J connectivity index is 1.46. The summed E-state index contributed by atoms with van der Waals surface area (Å²) in [7, 11) is 1.62. The van der Waals surface area contributed by atoms with Gasteiger partial charge in [0.05, 0.1) is 25.8 Å². The zero-order valence-electron chi connectivity index (χ0n) is 17.3. The van der Waals surface area contributed by atoms with Crippen molar-refractivity contribution in [1.29, 1.82) is 0 Å². The monoisotopic (exact) mass is 416 g/mol. The lowest BCUT2D eigenvalue weighted by molar-refractivity contribution is 0.0963. The number of nitrogens with one attached hydrogen (secondary N) is 1. The average Bonchev–Trinajstić information content (AvgIpc) is 3.46. The highest BCUT2D eigenvalue weighted by Crippen LogP contribution is 2.15. The summed E-state index contributed by atoms with van der Waals surface area (Å²) in [5.74, 6) is 1.97. The van der Waals surface area contributed by atoms with Gasteiger partial charge in [0.2, 0.25) is 5.89 Å². The molecule has 0 unspecified atom stereocenters. The van der Waals surface area contributed by atoms with Crippen LogP contribution in [0.1, 0.15) is 39.0 Å². The Bertz CT molecular complexity index is 1090. The van der Waals surface area contributed by atoms with E-state index in [9.17, 15) is 4.79 Å². The number of hydrogen-bond acceptors (Lipinski definition) is 6. The molecule has 1 N–H and O–H groups in total. The lowest BCUT2D eigenvalue weighted by atomic mass is 10.1. The van der Waals surface area contributed by atoms with Gasteiger partial charge < -0.3 is 14.3 Å². The second kappa shape index (κ2) is 9.86. The number of benzene rings is 2. The standard InChI is InChI=1S/C24H24N4O3/c1-25-24(29)20-11-9-19(10-12-20)15-28(16-21-8-5-13-30-21)17-22-26-23(31-27-22)14-18-6-3-2-4-7-18/h2-13H,14-17H2,1H3,(H,25,29). The van der Waals surface area contributed by atoms with Gasteiger partial charge in [-0.05, 0) is 35.4 Å². The fraction of sp³-hybridized carbons (Fsp3) is 0.208. The molecular formula is C24H24N4O3. The van der Waals surface area contributed by atoms with E-state index in [4.69, 9.17) is 8.94 Å². The van der Waals surface area contributed by atoms with Crippen LogP contribution in [0.3, 0.4) is 0 Å². The molecule has 0 fully saturated rings. The second-order valence-corrected chi connectivity index (χ2v) is 7.27. The number of carbonyl (C=O) groups is 1. The van der Waals surface area contributed by atoms with Crippen molar-refractivity contribution < 1.29 is 13.7 Å². The van der Waals surface area contributed by atoms with E-state index in [2.05, 4.69) is 20.4 Å². The van der Waals surface area contributed by atoms with Gasteiger partial charge in [0, 0.05) is 19.2 Å². The maximum absolute atomic E-state index is 11.8. The van der Waals surface area contributed by atoms with Gasteiger partial charge in [-0.25, -0.2) is 0 Å². The molecule has 0 aliphatic heterocycles. The van der Waals surface area contributed by atoms with Crippen LogP contribution in [0.5, 0.6) is 0 Å². The molecule has 0 bridgehead atoms. The average molecular weight is 416 g/mol. The van der Waals surface area contributed by atoms with Crippen LogP contribution in [0, 0.1) is 0 Å². The number of rotatable bonds is 9. The van der Waals surface area contributed by atoms with Crippen LogP contribution >= 0.6 is 0 Å². The Labute approximate surface area is 180 Å². The van der Waals surface area contributed by atoms with E-state index < -0.39 is 0 Å². The fourth-order valence-corrected chi connectivity index (χ4v) is 3.35. The molecule has 2 heterocycles. The van der Waals surface area contributed by atoms with Gasteiger partial charge >= 0.3 is 0 Å². The smallest absolute Gasteiger partial charge is 0.251 e. The zero-order valence-corrected chi connectivity index (χ0v) is 17.3. The van der Waals surface area contributed by atoms with Crippen LogP contribution < -0.4 is 5.32 Å². The Morgan fingerprint density at radius 2 is 1.74 bits per heavy atom. The molecule has 4 rings (SSSR count). The minimum absolute atomic E-state index is 0.100. The number of hydrogen-bond donors (Lipinski definition) is 1. The molecule has 7 nitrogen and oxygen atoms in total. The van der Waals surface area contributed by atoms with Crippen molar-refractivity contribution in [1.82, 2.24) is 20.4 Å². The molecule has 0 saturated heterocycles. The van der Waals surface area contributed by atoms with Gasteiger partial charge in [-0.15, -0.1) is 0 Å². The second-order valence-electron chi connectivity index (χ2n) is 7.27. The number of furan rings is 1. The molecule has 0 spiro atoms. The molecule has 158 valence electrons. The van der Waals surface area contributed by atoms with Gasteiger partial charge in [-0.2, -0.15) is 4.98 Å². The number of amides is 1. The van der Waals surface area contributed by atoms with Crippen molar-refractivity contribution in [3.63, 3.8) is 0 Å². The largest absolute Gasteiger partial charge is 0.468 e. The molecule has 0 saturated carbocycles. The van der Waals surface area contributed by atoms with Gasteiger partial charge in [0.25, 0.3) is 5.91 Å². The zero-order chi connectivity index (χ0) is 21.5. The van der Waals surface area contributed by atoms with Gasteiger partial charge in [-0.1, -0.05) is 47.6 Å². The van der Waals surface area contributed by atoms with Crippen molar-refractivity contribution in [3.8, 4) is 0 Å². The van der Waals surface area contributed by atoms with Gasteiger partial charge in [-0.3, -0.25) is 9.69 Å². The molecule has 2 aromatic carbocycles. The maximum Gasteiger partial charge on any atom is 0.251 e. The van der Waals surface area contributed by atoms with E-state index in [1.807, 2.05) is 66.7 Å². The van der Waals surface area contributed by atoms with Gasteiger partial charge in [0.15, 0.2) is 5.82 Å². The first-order chi connectivity index (χ1) is 15.2. The van der Waals surface area contributed by atoms with Crippen molar-refractivity contribution in [2.24, 2.45) is 0 Å². The maximum atomic E-state index is 11.8. The van der Waals surface area contributed by atoms with Crippen LogP contribution in [0.4, 0.5) is 0 Å². The number of carbonyl (C=O) groups excluding carboxylic acids is 1. The third-order valence-electron chi connectivity index (χ3n) is 4.88. The fourth-order valence-electron chi connectivity index (χ4n) is 3.35. The molecule has 2 aromatic heterocycles. The Hall–Kier alpha value is -3.71. The predicted octanol–water partition coefficient (Wildman–Crippen LogP) is 3.82. The lowest BCUT2D eigenvalue weighted by Gasteiger charge is -2.19. The highest BCUT2D eigenvalue weighted by Gasteiger charge is 2.15. The summed E-state index contributed by atoms with van der Waals surface area (Å²) in [6, 6.07) is 21.4. The van der Waals surface area contributed by atoms with Crippen LogP contribution in [0.15, 0.2) is 81.9 Å². The van der Waals surface area contributed by atoms with Crippen molar-refractivity contribution in [3.05, 3.63) is 107 Å². The first kappa shape index (κ1) is 20.6. The summed E-state index contributed by atoms with van der Waals surface area (Å²) < 4.78 is 11.0. The van der Waals surface area contributed by atoms with E-state index in [1.54, 1.807) is 13.3 Å². The van der Waals surface area contributed by atoms with E-state index in [1.165, 1.54) is 0 Å². The van der Waals surface area contributed by atoms with Crippen molar-refractivity contribution >= 4 is 5.91 Å². The molecule has 4 aromatic rings. The van der Waals surface area contributed by atoms with Crippen molar-refractivity contribution in [2.75, 3.05) is 7.05 Å². The Kier molecular flexibility index (Phi) is 6.54. The summed E-state index contributed by atoms with van der Waals surface area (Å²) >= 11 is 0. The number of aromatic nitrogens is 2. The molecule has 0 aliphatic carbocycles. The summed E-state index contributed by atoms with van der Waals surface area (Å²) in [6.45, 7) is 1.76. The lowest BCUT2D eigenvalue weighted by Crippen LogP contribution is -2.23.